The van der Waals surface area contributed by atoms with Crippen molar-refractivity contribution in [2.45, 2.75) is 45.3 Å². The lowest BCUT2D eigenvalue weighted by atomic mass is 10.0. The van der Waals surface area contributed by atoms with E-state index in [0.29, 0.717) is 0 Å². The number of fused-ring (bicyclic) bond motifs is 1. The minimum absolute atomic E-state index is 0.189. The summed E-state index contributed by atoms with van der Waals surface area (Å²) in [4.78, 5) is 8.29. The second-order valence-corrected chi connectivity index (χ2v) is 9.23. The lowest BCUT2D eigenvalue weighted by molar-refractivity contribution is 0.766. The fourth-order valence-electron chi connectivity index (χ4n) is 2.73. The lowest BCUT2D eigenvalue weighted by Crippen LogP contribution is -2.28. The predicted molar refractivity (Wildman–Crippen MR) is 105 cm³/mol. The van der Waals surface area contributed by atoms with E-state index in [1.165, 1.54) is 17.7 Å². The van der Waals surface area contributed by atoms with Gasteiger partial charge >= 0.3 is 0 Å². The highest BCUT2D eigenvalue weighted by molar-refractivity contribution is 8.01. The molecule has 0 radical (unpaired) electrons. The molecule has 0 aliphatic carbocycles. The first-order valence-corrected chi connectivity index (χ1v) is 9.33. The molecule has 0 bridgehead atoms. The Balaban J connectivity index is 1.89. The second kappa shape index (κ2) is 6.81. The number of rotatable bonds is 3. The molecule has 0 atom stereocenters. The van der Waals surface area contributed by atoms with Crippen LogP contribution in [0, 0.1) is 6.92 Å². The maximum Gasteiger partial charge on any atom is 0.224 e. The van der Waals surface area contributed by atoms with Crippen LogP contribution < -0.4 is 9.62 Å². The van der Waals surface area contributed by atoms with Crippen molar-refractivity contribution in [2.24, 2.45) is 0 Å². The molecule has 128 valence electrons. The lowest BCUT2D eigenvalue weighted by Gasteiger charge is -2.35. The van der Waals surface area contributed by atoms with Gasteiger partial charge in [-0.15, -0.1) is 0 Å². The molecule has 0 amide bonds. The maximum atomic E-state index is 5.92. The van der Waals surface area contributed by atoms with Crippen LogP contribution in [-0.4, -0.2) is 21.3 Å². The van der Waals surface area contributed by atoms with Gasteiger partial charge in [0, 0.05) is 28.7 Å². The first-order valence-electron chi connectivity index (χ1n) is 8.17. The highest BCUT2D eigenvalue weighted by Gasteiger charge is 2.23. The summed E-state index contributed by atoms with van der Waals surface area (Å²) < 4.78 is 2.61. The molecule has 4 nitrogen and oxygen atoms in total. The Kier molecular flexibility index (Phi) is 4.92. The SMILES string of the molecule is Cc1cnc(Cl)nc1Nc1ccc2c(c1)N(SC(C)(C)C)CCC2. The second-order valence-electron chi connectivity index (χ2n) is 7.05. The summed E-state index contributed by atoms with van der Waals surface area (Å²) in [5.74, 6) is 0.751. The van der Waals surface area contributed by atoms with Gasteiger partial charge in [0.2, 0.25) is 5.28 Å². The van der Waals surface area contributed by atoms with Crippen molar-refractivity contribution in [1.29, 1.82) is 0 Å². The van der Waals surface area contributed by atoms with E-state index in [2.05, 4.69) is 58.6 Å². The van der Waals surface area contributed by atoms with Crippen LogP contribution in [0.25, 0.3) is 0 Å². The number of nitrogens with one attached hydrogen (secondary N) is 1. The molecule has 1 aliphatic heterocycles. The predicted octanol–water partition coefficient (Wildman–Crippen LogP) is 5.38. The summed E-state index contributed by atoms with van der Waals surface area (Å²) in [6.45, 7) is 9.80. The van der Waals surface area contributed by atoms with Gasteiger partial charge in [0.1, 0.15) is 5.82 Å². The smallest absolute Gasteiger partial charge is 0.224 e. The number of anilines is 3. The minimum atomic E-state index is 0.189. The fraction of sp³-hybridized carbons (Fsp3) is 0.444. The third kappa shape index (κ3) is 4.14. The quantitative estimate of drug-likeness (QED) is 0.586. The van der Waals surface area contributed by atoms with Gasteiger partial charge in [0.15, 0.2) is 0 Å². The Labute approximate surface area is 153 Å². The monoisotopic (exact) mass is 362 g/mol. The van der Waals surface area contributed by atoms with Crippen LogP contribution in [0.4, 0.5) is 17.2 Å². The van der Waals surface area contributed by atoms with Crippen molar-refractivity contribution >= 4 is 40.7 Å². The molecule has 0 saturated heterocycles. The summed E-state index contributed by atoms with van der Waals surface area (Å²) in [7, 11) is 0. The number of halogens is 1. The first-order chi connectivity index (χ1) is 11.3. The zero-order valence-electron chi connectivity index (χ0n) is 14.6. The van der Waals surface area contributed by atoms with E-state index < -0.39 is 0 Å². The third-order valence-corrected chi connectivity index (χ3v) is 5.08. The Morgan fingerprint density at radius 3 is 2.83 bits per heavy atom. The zero-order chi connectivity index (χ0) is 17.3. The van der Waals surface area contributed by atoms with E-state index in [1.807, 2.05) is 18.9 Å². The van der Waals surface area contributed by atoms with E-state index in [0.717, 1.165) is 30.0 Å². The highest BCUT2D eigenvalue weighted by atomic mass is 35.5. The molecule has 0 fully saturated rings. The normalized spacial score (nSPS) is 14.5. The van der Waals surface area contributed by atoms with Crippen LogP contribution in [0.3, 0.4) is 0 Å². The zero-order valence-corrected chi connectivity index (χ0v) is 16.1. The molecule has 0 spiro atoms. The molecule has 1 N–H and O–H groups in total. The van der Waals surface area contributed by atoms with Gasteiger partial charge in [-0.2, -0.15) is 0 Å². The van der Waals surface area contributed by atoms with E-state index in [-0.39, 0.29) is 10.0 Å². The Morgan fingerprint density at radius 2 is 2.08 bits per heavy atom. The van der Waals surface area contributed by atoms with Crippen molar-refractivity contribution in [1.82, 2.24) is 9.97 Å². The molecule has 2 heterocycles. The summed E-state index contributed by atoms with van der Waals surface area (Å²) >= 11 is 7.82. The summed E-state index contributed by atoms with van der Waals surface area (Å²) in [5.41, 5.74) is 4.69. The molecule has 6 heteroatoms. The number of aryl methyl sites for hydroxylation is 2. The van der Waals surface area contributed by atoms with Crippen molar-refractivity contribution in [2.75, 3.05) is 16.2 Å². The Bertz CT molecular complexity index is 742. The van der Waals surface area contributed by atoms with Crippen molar-refractivity contribution in [3.05, 3.63) is 40.8 Å². The van der Waals surface area contributed by atoms with Gasteiger partial charge in [-0.1, -0.05) is 6.07 Å². The topological polar surface area (TPSA) is 41.1 Å². The van der Waals surface area contributed by atoms with Crippen molar-refractivity contribution in [3.8, 4) is 0 Å². The molecule has 2 aromatic rings. The molecule has 24 heavy (non-hydrogen) atoms. The number of aromatic nitrogens is 2. The third-order valence-electron chi connectivity index (χ3n) is 3.75. The minimum Gasteiger partial charge on any atom is -0.340 e. The average molecular weight is 363 g/mol. The average Bonchev–Trinajstić information content (AvgIpc) is 2.50. The van der Waals surface area contributed by atoms with E-state index in [4.69, 9.17) is 11.6 Å². The summed E-state index contributed by atoms with van der Waals surface area (Å²) in [6, 6.07) is 6.54. The molecular formula is C18H23ClN4S. The molecule has 0 unspecified atom stereocenters. The molecule has 3 rings (SSSR count). The molecule has 0 saturated carbocycles. The Hall–Kier alpha value is -1.46. The molecule has 1 aromatic heterocycles. The maximum absolute atomic E-state index is 5.92. The molecular weight excluding hydrogens is 340 g/mol. The van der Waals surface area contributed by atoms with Crippen molar-refractivity contribution in [3.63, 3.8) is 0 Å². The van der Waals surface area contributed by atoms with Crippen LogP contribution in [0.5, 0.6) is 0 Å². The first kappa shape index (κ1) is 17.4. The van der Waals surface area contributed by atoms with E-state index >= 15 is 0 Å². The van der Waals surface area contributed by atoms with Gasteiger partial charge in [-0.25, -0.2) is 9.97 Å². The van der Waals surface area contributed by atoms with Gasteiger partial charge in [0.05, 0.1) is 5.69 Å². The summed E-state index contributed by atoms with van der Waals surface area (Å²) in [5, 5.41) is 3.63. The number of nitrogens with zero attached hydrogens (tertiary/aromatic N) is 3. The Morgan fingerprint density at radius 1 is 1.29 bits per heavy atom. The van der Waals surface area contributed by atoms with Gasteiger partial charge in [-0.3, -0.25) is 0 Å². The fourth-order valence-corrected chi connectivity index (χ4v) is 4.01. The highest BCUT2D eigenvalue weighted by Crippen LogP contribution is 2.39. The van der Waals surface area contributed by atoms with Crippen LogP contribution in [0.2, 0.25) is 5.28 Å². The van der Waals surface area contributed by atoms with Crippen molar-refractivity contribution < 1.29 is 0 Å². The van der Waals surface area contributed by atoms with Gasteiger partial charge < -0.3 is 9.62 Å². The van der Waals surface area contributed by atoms with Crippen LogP contribution >= 0.6 is 23.5 Å². The molecule has 1 aromatic carbocycles. The van der Waals surface area contributed by atoms with E-state index in [1.54, 1.807) is 6.20 Å². The standard InChI is InChI=1S/C18H23ClN4S/c1-12-11-20-17(19)22-16(12)21-14-8-7-13-6-5-9-23(15(13)10-14)24-18(2,3)4/h7-8,10-11H,5-6,9H2,1-4H3,(H,20,21,22). The van der Waals surface area contributed by atoms with Crippen LogP contribution in [0.1, 0.15) is 38.3 Å². The van der Waals surface area contributed by atoms with Crippen LogP contribution in [-0.2, 0) is 6.42 Å². The van der Waals surface area contributed by atoms with Gasteiger partial charge in [0.25, 0.3) is 0 Å². The number of hydrogen-bond acceptors (Lipinski definition) is 5. The van der Waals surface area contributed by atoms with Gasteiger partial charge in [-0.05, 0) is 81.8 Å². The summed E-state index contributed by atoms with van der Waals surface area (Å²) in [6.07, 6.45) is 4.07. The number of benzene rings is 1. The largest absolute Gasteiger partial charge is 0.340 e. The van der Waals surface area contributed by atoms with Crippen LogP contribution in [0.15, 0.2) is 24.4 Å². The van der Waals surface area contributed by atoms with E-state index in [9.17, 15) is 0 Å². The number of hydrogen-bond donors (Lipinski definition) is 1. The molecule has 1 aliphatic rings.